The van der Waals surface area contributed by atoms with Crippen molar-refractivity contribution >= 4 is 11.7 Å². The number of hydrogen-bond donors (Lipinski definition) is 2. The molecule has 0 aliphatic carbocycles. The van der Waals surface area contributed by atoms with Crippen molar-refractivity contribution in [2.75, 3.05) is 0 Å². The Bertz CT molecular complexity index is 509. The lowest BCUT2D eigenvalue weighted by Gasteiger charge is -1.98. The summed E-state index contributed by atoms with van der Waals surface area (Å²) in [4.78, 5) is 11.9. The van der Waals surface area contributed by atoms with E-state index in [0.717, 1.165) is 0 Å². The minimum atomic E-state index is 0.141. The summed E-state index contributed by atoms with van der Waals surface area (Å²) in [7, 11) is 0. The van der Waals surface area contributed by atoms with Crippen molar-refractivity contribution in [1.82, 2.24) is 15.0 Å². The Morgan fingerprint density at radius 3 is 2.22 bits per heavy atom. The van der Waals surface area contributed by atoms with Gasteiger partial charge in [0.15, 0.2) is 11.7 Å². The van der Waals surface area contributed by atoms with Crippen molar-refractivity contribution < 1.29 is 0 Å². The highest BCUT2D eigenvalue weighted by molar-refractivity contribution is 5.98. The molecule has 2 rings (SSSR count). The Kier molecular flexibility index (Phi) is 3.55. The number of pyridine rings is 1. The molecule has 7 nitrogen and oxygen atoms in total. The molecule has 0 aliphatic rings. The molecular weight excluding hydrogens is 230 g/mol. The second-order valence-corrected chi connectivity index (χ2v) is 3.28. The molecule has 2 heterocycles. The van der Waals surface area contributed by atoms with Crippen LogP contribution < -0.4 is 11.5 Å². The average Bonchev–Trinajstić information content (AvgIpc) is 2.46. The second-order valence-electron chi connectivity index (χ2n) is 3.28. The Morgan fingerprint density at radius 1 is 0.889 bits per heavy atom. The van der Waals surface area contributed by atoms with Crippen LogP contribution in [0.5, 0.6) is 0 Å². The van der Waals surface area contributed by atoms with Crippen LogP contribution in [-0.2, 0) is 0 Å². The molecule has 4 N–H and O–H groups in total. The highest BCUT2D eigenvalue weighted by Crippen LogP contribution is 1.94. The van der Waals surface area contributed by atoms with Gasteiger partial charge in [-0.15, -0.1) is 10.2 Å². The Hall–Kier alpha value is -2.83. The van der Waals surface area contributed by atoms with E-state index in [2.05, 4.69) is 25.2 Å². The maximum absolute atomic E-state index is 5.71. The van der Waals surface area contributed by atoms with Crippen LogP contribution >= 0.6 is 0 Å². The summed E-state index contributed by atoms with van der Waals surface area (Å²) in [5, 5.41) is 7.58. The van der Waals surface area contributed by atoms with Gasteiger partial charge in [-0.25, -0.2) is 4.98 Å². The fraction of sp³-hybridized carbons (Fsp3) is 0. The van der Waals surface area contributed by atoms with Gasteiger partial charge in [0.2, 0.25) is 0 Å². The van der Waals surface area contributed by atoms with Gasteiger partial charge in [0.25, 0.3) is 0 Å². The molecule has 0 amide bonds. The van der Waals surface area contributed by atoms with Gasteiger partial charge in [-0.1, -0.05) is 6.07 Å². The molecule has 18 heavy (non-hydrogen) atoms. The predicted octanol–water partition coefficient (Wildman–Crippen LogP) is -0.103. The van der Waals surface area contributed by atoms with Crippen molar-refractivity contribution in [3.8, 4) is 0 Å². The van der Waals surface area contributed by atoms with Crippen LogP contribution in [0.2, 0.25) is 0 Å². The summed E-state index contributed by atoms with van der Waals surface area (Å²) in [6.07, 6.45) is 6.17. The van der Waals surface area contributed by atoms with Crippen LogP contribution in [0.4, 0.5) is 0 Å². The largest absolute Gasteiger partial charge is 0.380 e. The minimum absolute atomic E-state index is 0.141. The first kappa shape index (κ1) is 11.6. The number of rotatable bonds is 3. The molecule has 0 spiro atoms. The van der Waals surface area contributed by atoms with Crippen molar-refractivity contribution in [3.63, 3.8) is 0 Å². The topological polar surface area (TPSA) is 115 Å². The van der Waals surface area contributed by atoms with Gasteiger partial charge in [0, 0.05) is 18.6 Å². The number of amidine groups is 2. The zero-order valence-electron chi connectivity index (χ0n) is 9.43. The van der Waals surface area contributed by atoms with Crippen LogP contribution in [0.15, 0.2) is 53.2 Å². The van der Waals surface area contributed by atoms with E-state index in [4.69, 9.17) is 11.5 Å². The van der Waals surface area contributed by atoms with E-state index in [1.165, 1.54) is 12.4 Å². The summed E-state index contributed by atoms with van der Waals surface area (Å²) in [6.45, 7) is 0. The van der Waals surface area contributed by atoms with Crippen molar-refractivity contribution in [2.45, 2.75) is 0 Å². The van der Waals surface area contributed by atoms with Crippen LogP contribution in [0.25, 0.3) is 0 Å². The summed E-state index contributed by atoms with van der Waals surface area (Å²) in [6, 6.07) is 5.32. The molecule has 2 aromatic heterocycles. The summed E-state index contributed by atoms with van der Waals surface area (Å²) >= 11 is 0. The van der Waals surface area contributed by atoms with Gasteiger partial charge < -0.3 is 11.5 Å². The lowest BCUT2D eigenvalue weighted by Crippen LogP contribution is -2.17. The molecule has 2 aromatic rings. The van der Waals surface area contributed by atoms with Crippen molar-refractivity contribution in [3.05, 3.63) is 54.4 Å². The normalized spacial score (nSPS) is 12.4. The number of hydrogen-bond acceptors (Lipinski definition) is 5. The van der Waals surface area contributed by atoms with E-state index in [1.54, 1.807) is 30.6 Å². The van der Waals surface area contributed by atoms with Gasteiger partial charge in [0.05, 0.1) is 6.20 Å². The van der Waals surface area contributed by atoms with E-state index < -0.39 is 0 Å². The molecule has 0 radical (unpaired) electrons. The summed E-state index contributed by atoms with van der Waals surface area (Å²) < 4.78 is 0. The molecule has 0 aromatic carbocycles. The SMILES string of the molecule is N/C(=N\N=C(/N)c1cnccn1)c1ccccn1. The van der Waals surface area contributed by atoms with Crippen LogP contribution in [0.3, 0.4) is 0 Å². The monoisotopic (exact) mass is 241 g/mol. The second kappa shape index (κ2) is 5.48. The predicted molar refractivity (Wildman–Crippen MR) is 67.7 cm³/mol. The Balaban J connectivity index is 2.20. The third kappa shape index (κ3) is 2.85. The average molecular weight is 241 g/mol. The van der Waals surface area contributed by atoms with Crippen molar-refractivity contribution in [1.29, 1.82) is 0 Å². The molecule has 0 unspecified atom stereocenters. The minimum Gasteiger partial charge on any atom is -0.380 e. The Labute approximate surface area is 103 Å². The van der Waals surface area contributed by atoms with Gasteiger partial charge >= 0.3 is 0 Å². The van der Waals surface area contributed by atoms with Gasteiger partial charge in [-0.3, -0.25) is 9.97 Å². The zero-order valence-corrected chi connectivity index (χ0v) is 9.43. The first-order valence-electron chi connectivity index (χ1n) is 5.12. The molecule has 7 heteroatoms. The number of aromatic nitrogens is 3. The van der Waals surface area contributed by atoms with Gasteiger partial charge in [-0.2, -0.15) is 0 Å². The van der Waals surface area contributed by atoms with Crippen molar-refractivity contribution in [2.24, 2.45) is 21.7 Å². The van der Waals surface area contributed by atoms with E-state index >= 15 is 0 Å². The molecule has 0 aliphatic heterocycles. The van der Waals surface area contributed by atoms with Gasteiger partial charge in [-0.05, 0) is 12.1 Å². The summed E-state index contributed by atoms with van der Waals surface area (Å²) in [5.74, 6) is 0.324. The van der Waals surface area contributed by atoms with Gasteiger partial charge in [0.1, 0.15) is 11.4 Å². The zero-order chi connectivity index (χ0) is 12.8. The molecule has 0 bridgehead atoms. The highest BCUT2D eigenvalue weighted by atomic mass is 15.3. The molecule has 0 saturated carbocycles. The standard InChI is InChI=1S/C11H11N7/c12-10(8-3-1-2-4-15-8)17-18-11(13)9-7-14-5-6-16-9/h1-7H,(H2,12,17)(H2,13,18). The number of nitrogens with two attached hydrogens (primary N) is 2. The fourth-order valence-corrected chi connectivity index (χ4v) is 1.16. The third-order valence-corrected chi connectivity index (χ3v) is 2.02. The smallest absolute Gasteiger partial charge is 0.173 e. The molecule has 0 saturated heterocycles. The van der Waals surface area contributed by atoms with E-state index in [-0.39, 0.29) is 11.7 Å². The maximum Gasteiger partial charge on any atom is 0.173 e. The van der Waals surface area contributed by atoms with Crippen LogP contribution in [0.1, 0.15) is 11.4 Å². The molecular formula is C11H11N7. The van der Waals surface area contributed by atoms with Crippen LogP contribution in [-0.4, -0.2) is 26.6 Å². The molecule has 90 valence electrons. The van der Waals surface area contributed by atoms with Crippen LogP contribution in [0, 0.1) is 0 Å². The lowest BCUT2D eigenvalue weighted by molar-refractivity contribution is 1.13. The highest BCUT2D eigenvalue weighted by Gasteiger charge is 2.00. The molecule has 0 fully saturated rings. The summed E-state index contributed by atoms with van der Waals surface area (Å²) in [5.41, 5.74) is 12.4. The quantitative estimate of drug-likeness (QED) is 0.442. The van der Waals surface area contributed by atoms with E-state index in [9.17, 15) is 0 Å². The first-order chi connectivity index (χ1) is 8.77. The lowest BCUT2D eigenvalue weighted by atomic mass is 10.3. The number of nitrogens with zero attached hydrogens (tertiary/aromatic N) is 5. The fourth-order valence-electron chi connectivity index (χ4n) is 1.16. The van der Waals surface area contributed by atoms with E-state index in [0.29, 0.717) is 11.4 Å². The maximum atomic E-state index is 5.71. The first-order valence-corrected chi connectivity index (χ1v) is 5.12. The Morgan fingerprint density at radius 2 is 1.61 bits per heavy atom. The molecule has 0 atom stereocenters. The third-order valence-electron chi connectivity index (χ3n) is 2.02. The van der Waals surface area contributed by atoms with E-state index in [1.807, 2.05) is 0 Å².